The van der Waals surface area contributed by atoms with Crippen molar-refractivity contribution >= 4 is 22.6 Å². The van der Waals surface area contributed by atoms with Gasteiger partial charge >= 0.3 is 5.97 Å². The quantitative estimate of drug-likeness (QED) is 0.808. The number of aliphatic hydroxyl groups is 1. The first kappa shape index (κ1) is 13.8. The van der Waals surface area contributed by atoms with Gasteiger partial charge in [0.25, 0.3) is 0 Å². The van der Waals surface area contributed by atoms with Crippen molar-refractivity contribution in [2.75, 3.05) is 5.32 Å². The largest absolute Gasteiger partial charge is 0.478 e. The molecule has 0 aliphatic heterocycles. The summed E-state index contributed by atoms with van der Waals surface area (Å²) in [7, 11) is 0. The van der Waals surface area contributed by atoms with Crippen molar-refractivity contribution in [2.45, 2.75) is 37.8 Å². The third kappa shape index (κ3) is 2.69. The van der Waals surface area contributed by atoms with Crippen LogP contribution in [0, 0.1) is 0 Å². The number of nitrogens with one attached hydrogen (secondary N) is 1. The molecule has 0 spiro atoms. The standard InChI is InChI=1S/C16H18N2O3/c19-14-8-4-3-7-13(14)18-15-10-5-1-2-6-12(10)17-9-11(15)16(20)21/h1-2,5-6,9,13-14,19H,3-4,7-8H2,(H,17,18)(H,20,21). The summed E-state index contributed by atoms with van der Waals surface area (Å²) in [5, 5.41) is 23.5. The van der Waals surface area contributed by atoms with Gasteiger partial charge in [-0.1, -0.05) is 31.0 Å². The van der Waals surface area contributed by atoms with Crippen LogP contribution in [0.4, 0.5) is 5.69 Å². The molecule has 0 amide bonds. The van der Waals surface area contributed by atoms with E-state index in [0.29, 0.717) is 5.69 Å². The second-order valence-electron chi connectivity index (χ2n) is 5.47. The molecule has 2 unspecified atom stereocenters. The number of carboxylic acids is 1. The van der Waals surface area contributed by atoms with Gasteiger partial charge in [0.2, 0.25) is 0 Å². The third-order valence-corrected chi connectivity index (χ3v) is 4.07. The Kier molecular flexibility index (Phi) is 3.75. The normalized spacial score (nSPS) is 22.1. The van der Waals surface area contributed by atoms with E-state index in [1.807, 2.05) is 24.3 Å². The number of aliphatic hydroxyl groups excluding tert-OH is 1. The Hall–Kier alpha value is -2.14. The molecule has 110 valence electrons. The van der Waals surface area contributed by atoms with Crippen molar-refractivity contribution in [3.63, 3.8) is 0 Å². The number of rotatable bonds is 3. The van der Waals surface area contributed by atoms with E-state index >= 15 is 0 Å². The van der Waals surface area contributed by atoms with E-state index in [0.717, 1.165) is 36.6 Å². The zero-order valence-electron chi connectivity index (χ0n) is 11.6. The Morgan fingerprint density at radius 1 is 1.24 bits per heavy atom. The minimum Gasteiger partial charge on any atom is -0.478 e. The molecule has 5 nitrogen and oxygen atoms in total. The third-order valence-electron chi connectivity index (χ3n) is 4.07. The molecule has 1 saturated carbocycles. The average Bonchev–Trinajstić information content (AvgIpc) is 2.49. The Morgan fingerprint density at radius 3 is 2.76 bits per heavy atom. The van der Waals surface area contributed by atoms with Crippen LogP contribution < -0.4 is 5.32 Å². The summed E-state index contributed by atoms with van der Waals surface area (Å²) in [6, 6.07) is 7.32. The summed E-state index contributed by atoms with van der Waals surface area (Å²) in [5.41, 5.74) is 1.45. The summed E-state index contributed by atoms with van der Waals surface area (Å²) in [6.45, 7) is 0. The zero-order valence-corrected chi connectivity index (χ0v) is 11.6. The van der Waals surface area contributed by atoms with Gasteiger partial charge in [0, 0.05) is 11.6 Å². The zero-order chi connectivity index (χ0) is 14.8. The van der Waals surface area contributed by atoms with Crippen LogP contribution >= 0.6 is 0 Å². The fourth-order valence-corrected chi connectivity index (χ4v) is 2.92. The molecule has 3 rings (SSSR count). The number of pyridine rings is 1. The number of hydrogen-bond donors (Lipinski definition) is 3. The highest BCUT2D eigenvalue weighted by molar-refractivity contribution is 6.04. The van der Waals surface area contributed by atoms with E-state index in [1.165, 1.54) is 6.20 Å². The van der Waals surface area contributed by atoms with Crippen molar-refractivity contribution in [1.29, 1.82) is 0 Å². The molecular weight excluding hydrogens is 268 g/mol. The Morgan fingerprint density at radius 2 is 2.00 bits per heavy atom. The van der Waals surface area contributed by atoms with Crippen molar-refractivity contribution < 1.29 is 15.0 Å². The average molecular weight is 286 g/mol. The van der Waals surface area contributed by atoms with Crippen molar-refractivity contribution in [3.05, 3.63) is 36.0 Å². The molecule has 3 N–H and O–H groups in total. The molecule has 2 atom stereocenters. The SMILES string of the molecule is O=C(O)c1cnc2ccccc2c1NC1CCCCC1O. The smallest absolute Gasteiger partial charge is 0.339 e. The van der Waals surface area contributed by atoms with Crippen molar-refractivity contribution in [2.24, 2.45) is 0 Å². The highest BCUT2D eigenvalue weighted by atomic mass is 16.4. The molecule has 21 heavy (non-hydrogen) atoms. The van der Waals surface area contributed by atoms with Gasteiger partial charge in [-0.05, 0) is 18.9 Å². The molecule has 1 aliphatic rings. The number of aromatic nitrogens is 1. The van der Waals surface area contributed by atoms with Crippen LogP contribution in [0.2, 0.25) is 0 Å². The van der Waals surface area contributed by atoms with E-state index in [4.69, 9.17) is 0 Å². The number of nitrogens with zero attached hydrogens (tertiary/aromatic N) is 1. The number of carboxylic acid groups (broad SMARTS) is 1. The monoisotopic (exact) mass is 286 g/mol. The molecule has 1 fully saturated rings. The molecule has 0 saturated heterocycles. The minimum absolute atomic E-state index is 0.109. The Labute approximate surface area is 122 Å². The number of fused-ring (bicyclic) bond motifs is 1. The molecule has 5 heteroatoms. The number of aromatic carboxylic acids is 1. The lowest BCUT2D eigenvalue weighted by Gasteiger charge is -2.30. The van der Waals surface area contributed by atoms with Crippen LogP contribution in [-0.4, -0.2) is 33.3 Å². The maximum absolute atomic E-state index is 11.4. The van der Waals surface area contributed by atoms with E-state index in [1.54, 1.807) is 0 Å². The molecule has 2 aromatic rings. The molecule has 0 radical (unpaired) electrons. The number of anilines is 1. The first-order valence-corrected chi connectivity index (χ1v) is 7.22. The predicted octanol–water partition coefficient (Wildman–Crippen LogP) is 2.65. The van der Waals surface area contributed by atoms with Gasteiger partial charge in [-0.15, -0.1) is 0 Å². The van der Waals surface area contributed by atoms with E-state index in [2.05, 4.69) is 10.3 Å². The van der Waals surface area contributed by atoms with Gasteiger partial charge in [-0.2, -0.15) is 0 Å². The van der Waals surface area contributed by atoms with Crippen LogP contribution in [0.5, 0.6) is 0 Å². The van der Waals surface area contributed by atoms with Crippen LogP contribution in [-0.2, 0) is 0 Å². The molecule has 1 aromatic carbocycles. The molecule has 0 bridgehead atoms. The van der Waals surface area contributed by atoms with Gasteiger partial charge in [0.15, 0.2) is 0 Å². The maximum atomic E-state index is 11.4. The van der Waals surface area contributed by atoms with Gasteiger partial charge < -0.3 is 15.5 Å². The summed E-state index contributed by atoms with van der Waals surface area (Å²) in [5.74, 6) is -1.01. The Bertz CT molecular complexity index is 672. The summed E-state index contributed by atoms with van der Waals surface area (Å²) < 4.78 is 0. The summed E-state index contributed by atoms with van der Waals surface area (Å²) in [4.78, 5) is 15.6. The van der Waals surface area contributed by atoms with E-state index < -0.39 is 12.1 Å². The van der Waals surface area contributed by atoms with Crippen LogP contribution in [0.25, 0.3) is 10.9 Å². The van der Waals surface area contributed by atoms with Crippen molar-refractivity contribution in [1.82, 2.24) is 4.98 Å². The highest BCUT2D eigenvalue weighted by Crippen LogP contribution is 2.29. The number of hydrogen-bond acceptors (Lipinski definition) is 4. The molecule has 1 aromatic heterocycles. The molecule has 1 heterocycles. The minimum atomic E-state index is -1.01. The first-order chi connectivity index (χ1) is 10.2. The second-order valence-corrected chi connectivity index (χ2v) is 5.47. The van der Waals surface area contributed by atoms with E-state index in [-0.39, 0.29) is 11.6 Å². The predicted molar refractivity (Wildman–Crippen MR) is 80.6 cm³/mol. The van der Waals surface area contributed by atoms with Gasteiger partial charge in [-0.3, -0.25) is 4.98 Å². The van der Waals surface area contributed by atoms with Crippen LogP contribution in [0.15, 0.2) is 30.5 Å². The van der Waals surface area contributed by atoms with Crippen LogP contribution in [0.1, 0.15) is 36.0 Å². The first-order valence-electron chi connectivity index (χ1n) is 7.22. The number of carbonyl (C=O) groups is 1. The fourth-order valence-electron chi connectivity index (χ4n) is 2.92. The van der Waals surface area contributed by atoms with Gasteiger partial charge in [-0.25, -0.2) is 4.79 Å². The van der Waals surface area contributed by atoms with Crippen molar-refractivity contribution in [3.8, 4) is 0 Å². The second kappa shape index (κ2) is 5.69. The lowest BCUT2D eigenvalue weighted by atomic mass is 9.92. The lowest BCUT2D eigenvalue weighted by Crippen LogP contribution is -2.36. The molecule has 1 aliphatic carbocycles. The van der Waals surface area contributed by atoms with E-state index in [9.17, 15) is 15.0 Å². The summed E-state index contributed by atoms with van der Waals surface area (Å²) in [6.07, 6.45) is 4.59. The summed E-state index contributed by atoms with van der Waals surface area (Å²) >= 11 is 0. The van der Waals surface area contributed by atoms with Crippen LogP contribution in [0.3, 0.4) is 0 Å². The topological polar surface area (TPSA) is 82.5 Å². The highest BCUT2D eigenvalue weighted by Gasteiger charge is 2.25. The molecular formula is C16H18N2O3. The fraction of sp³-hybridized carbons (Fsp3) is 0.375. The lowest BCUT2D eigenvalue weighted by molar-refractivity contribution is 0.0696. The number of benzene rings is 1. The maximum Gasteiger partial charge on any atom is 0.339 e. The van der Waals surface area contributed by atoms with Gasteiger partial charge in [0.1, 0.15) is 5.56 Å². The Balaban J connectivity index is 2.05. The van der Waals surface area contributed by atoms with Gasteiger partial charge in [0.05, 0.1) is 23.3 Å². The number of para-hydroxylation sites is 1.